The molecule has 0 atom stereocenters. The fraction of sp³-hybridized carbons (Fsp3) is 0. The molecule has 0 aliphatic carbocycles. The molecule has 0 unspecified atom stereocenters. The van der Waals surface area contributed by atoms with Crippen molar-refractivity contribution in [3.8, 4) is 5.69 Å². The van der Waals surface area contributed by atoms with E-state index in [0.717, 1.165) is 16.6 Å². The average Bonchev–Trinajstić information content (AvgIpc) is 2.69. The van der Waals surface area contributed by atoms with Crippen molar-refractivity contribution >= 4 is 48.8 Å². The molecule has 0 fully saturated rings. The molecule has 7 heteroatoms. The standard InChI is InChI=1S/C13H7Br2F2N3/c14-6-1-2-11-10(3-6)19-13(18)20(11)12-5-8(16)7(15)4-9(12)17/h1-5H,(H2,18,19). The summed E-state index contributed by atoms with van der Waals surface area (Å²) in [6.07, 6.45) is 0. The highest BCUT2D eigenvalue weighted by molar-refractivity contribution is 9.10. The smallest absolute Gasteiger partial charge is 0.206 e. The van der Waals surface area contributed by atoms with Gasteiger partial charge in [-0.3, -0.25) is 4.57 Å². The van der Waals surface area contributed by atoms with Gasteiger partial charge in [0.15, 0.2) is 0 Å². The number of nitrogen functional groups attached to an aromatic ring is 1. The number of benzene rings is 2. The number of nitrogens with two attached hydrogens (primary N) is 1. The average molecular weight is 403 g/mol. The Kier molecular flexibility index (Phi) is 3.25. The minimum absolute atomic E-state index is 0.0213. The Morgan fingerprint density at radius 3 is 2.55 bits per heavy atom. The van der Waals surface area contributed by atoms with Crippen molar-refractivity contribution in [3.05, 3.63) is 50.9 Å². The van der Waals surface area contributed by atoms with Gasteiger partial charge in [0.05, 0.1) is 21.2 Å². The lowest BCUT2D eigenvalue weighted by molar-refractivity contribution is 0.589. The molecule has 1 aromatic heterocycles. The van der Waals surface area contributed by atoms with Crippen LogP contribution in [0.15, 0.2) is 39.3 Å². The summed E-state index contributed by atoms with van der Waals surface area (Å²) in [5.41, 5.74) is 7.05. The van der Waals surface area contributed by atoms with E-state index in [4.69, 9.17) is 5.73 Å². The molecule has 102 valence electrons. The maximum absolute atomic E-state index is 14.1. The third kappa shape index (κ3) is 2.10. The Hall–Kier alpha value is -1.47. The van der Waals surface area contributed by atoms with E-state index < -0.39 is 11.6 Å². The molecule has 0 amide bonds. The zero-order chi connectivity index (χ0) is 14.4. The second kappa shape index (κ2) is 4.82. The van der Waals surface area contributed by atoms with Crippen molar-refractivity contribution in [1.29, 1.82) is 0 Å². The van der Waals surface area contributed by atoms with Gasteiger partial charge < -0.3 is 5.73 Å². The third-order valence-electron chi connectivity index (χ3n) is 2.87. The molecule has 20 heavy (non-hydrogen) atoms. The molecule has 0 bridgehead atoms. The van der Waals surface area contributed by atoms with E-state index in [9.17, 15) is 8.78 Å². The first-order valence-electron chi connectivity index (χ1n) is 5.56. The molecule has 0 aliphatic heterocycles. The summed E-state index contributed by atoms with van der Waals surface area (Å²) >= 11 is 6.27. The van der Waals surface area contributed by atoms with Crippen LogP contribution in [0.2, 0.25) is 0 Å². The van der Waals surface area contributed by atoms with Gasteiger partial charge in [-0.15, -0.1) is 0 Å². The number of hydrogen-bond donors (Lipinski definition) is 1. The number of hydrogen-bond acceptors (Lipinski definition) is 2. The maximum Gasteiger partial charge on any atom is 0.206 e. The molecule has 3 aromatic rings. The molecule has 2 aromatic carbocycles. The van der Waals surface area contributed by atoms with Crippen molar-refractivity contribution in [2.24, 2.45) is 0 Å². The Bertz CT molecular complexity index is 830. The normalized spacial score (nSPS) is 11.2. The molecule has 3 nitrogen and oxygen atoms in total. The number of aromatic nitrogens is 2. The van der Waals surface area contributed by atoms with Gasteiger partial charge in [-0.1, -0.05) is 15.9 Å². The predicted octanol–water partition coefficient (Wildman–Crippen LogP) is 4.41. The summed E-state index contributed by atoms with van der Waals surface area (Å²) in [5.74, 6) is -1.06. The second-order valence-electron chi connectivity index (χ2n) is 4.16. The summed E-state index contributed by atoms with van der Waals surface area (Å²) in [5, 5.41) is 0. The first kappa shape index (κ1) is 13.5. The topological polar surface area (TPSA) is 43.8 Å². The summed E-state index contributed by atoms with van der Waals surface area (Å²) in [4.78, 5) is 4.15. The summed E-state index contributed by atoms with van der Waals surface area (Å²) in [6, 6.07) is 7.43. The van der Waals surface area contributed by atoms with Crippen LogP contribution < -0.4 is 5.73 Å². The van der Waals surface area contributed by atoms with Gasteiger partial charge in [0.1, 0.15) is 11.6 Å². The van der Waals surface area contributed by atoms with Crippen molar-refractivity contribution < 1.29 is 8.78 Å². The molecule has 1 heterocycles. The Balaban J connectivity index is 2.35. The Morgan fingerprint density at radius 2 is 1.80 bits per heavy atom. The zero-order valence-electron chi connectivity index (χ0n) is 9.87. The minimum atomic E-state index is -0.591. The highest BCUT2D eigenvalue weighted by Gasteiger charge is 2.16. The highest BCUT2D eigenvalue weighted by Crippen LogP contribution is 2.29. The van der Waals surface area contributed by atoms with E-state index in [-0.39, 0.29) is 16.1 Å². The molecular formula is C13H7Br2F2N3. The molecular weight excluding hydrogens is 396 g/mol. The molecule has 2 N–H and O–H groups in total. The van der Waals surface area contributed by atoms with Crippen LogP contribution in [-0.2, 0) is 0 Å². The van der Waals surface area contributed by atoms with Gasteiger partial charge in [-0.25, -0.2) is 13.8 Å². The number of halogens is 4. The van der Waals surface area contributed by atoms with E-state index in [2.05, 4.69) is 36.8 Å². The third-order valence-corrected chi connectivity index (χ3v) is 3.97. The number of nitrogens with zero attached hydrogens (tertiary/aromatic N) is 2. The minimum Gasteiger partial charge on any atom is -0.369 e. The lowest BCUT2D eigenvalue weighted by atomic mass is 10.2. The van der Waals surface area contributed by atoms with Crippen LogP contribution in [0.3, 0.4) is 0 Å². The fourth-order valence-electron chi connectivity index (χ4n) is 2.01. The van der Waals surface area contributed by atoms with Crippen LogP contribution in [0.5, 0.6) is 0 Å². The molecule has 0 saturated heterocycles. The number of fused-ring (bicyclic) bond motifs is 1. The molecule has 0 saturated carbocycles. The Labute approximate surface area is 129 Å². The second-order valence-corrected chi connectivity index (χ2v) is 5.93. The number of anilines is 1. The first-order valence-corrected chi connectivity index (χ1v) is 7.14. The quantitative estimate of drug-likeness (QED) is 0.612. The van der Waals surface area contributed by atoms with Gasteiger partial charge in [-0.05, 0) is 40.2 Å². The predicted molar refractivity (Wildman–Crippen MR) is 80.8 cm³/mol. The van der Waals surface area contributed by atoms with Crippen molar-refractivity contribution in [2.45, 2.75) is 0 Å². The summed E-state index contributed by atoms with van der Waals surface area (Å²) < 4.78 is 30.0. The van der Waals surface area contributed by atoms with Crippen molar-refractivity contribution in [3.63, 3.8) is 0 Å². The lowest BCUT2D eigenvalue weighted by Gasteiger charge is -2.09. The van der Waals surface area contributed by atoms with Crippen LogP contribution >= 0.6 is 31.9 Å². The molecule has 3 rings (SSSR count). The molecule has 0 aliphatic rings. The summed E-state index contributed by atoms with van der Waals surface area (Å²) in [6.45, 7) is 0. The van der Waals surface area contributed by atoms with E-state index in [1.807, 2.05) is 0 Å². The largest absolute Gasteiger partial charge is 0.369 e. The SMILES string of the molecule is Nc1nc2cc(Br)ccc2n1-c1cc(F)c(Br)cc1F. The highest BCUT2D eigenvalue weighted by atomic mass is 79.9. The lowest BCUT2D eigenvalue weighted by Crippen LogP contribution is -2.04. The fourth-order valence-corrected chi connectivity index (χ4v) is 2.67. The number of rotatable bonds is 1. The van der Waals surface area contributed by atoms with Crippen LogP contribution in [0, 0.1) is 11.6 Å². The van der Waals surface area contributed by atoms with Crippen LogP contribution in [-0.4, -0.2) is 9.55 Å². The summed E-state index contributed by atoms with van der Waals surface area (Å²) in [7, 11) is 0. The zero-order valence-corrected chi connectivity index (χ0v) is 13.0. The first-order chi connectivity index (χ1) is 9.47. The van der Waals surface area contributed by atoms with Gasteiger partial charge in [0.25, 0.3) is 0 Å². The van der Waals surface area contributed by atoms with Crippen molar-refractivity contribution in [1.82, 2.24) is 9.55 Å². The van der Waals surface area contributed by atoms with Crippen LogP contribution in [0.1, 0.15) is 0 Å². The van der Waals surface area contributed by atoms with Crippen molar-refractivity contribution in [2.75, 3.05) is 5.73 Å². The maximum atomic E-state index is 14.1. The van der Waals surface area contributed by atoms with E-state index in [1.54, 1.807) is 18.2 Å². The monoisotopic (exact) mass is 401 g/mol. The van der Waals surface area contributed by atoms with E-state index in [1.165, 1.54) is 4.57 Å². The van der Waals surface area contributed by atoms with Gasteiger partial charge in [0, 0.05) is 10.5 Å². The molecule has 0 spiro atoms. The van der Waals surface area contributed by atoms with Crippen LogP contribution in [0.4, 0.5) is 14.7 Å². The van der Waals surface area contributed by atoms with Crippen LogP contribution in [0.25, 0.3) is 16.7 Å². The molecule has 0 radical (unpaired) electrons. The number of imidazole rings is 1. The van der Waals surface area contributed by atoms with E-state index in [0.29, 0.717) is 11.0 Å². The van der Waals surface area contributed by atoms with Gasteiger partial charge in [0.2, 0.25) is 5.95 Å². The van der Waals surface area contributed by atoms with Gasteiger partial charge in [-0.2, -0.15) is 0 Å². The Morgan fingerprint density at radius 1 is 1.05 bits per heavy atom. The van der Waals surface area contributed by atoms with Gasteiger partial charge >= 0.3 is 0 Å². The van der Waals surface area contributed by atoms with E-state index >= 15 is 0 Å².